The normalized spacial score (nSPS) is 22.0. The quantitative estimate of drug-likeness (QED) is 0.526. The molecule has 1 fully saturated rings. The average Bonchev–Trinajstić information content (AvgIpc) is 2.75. The number of hydrogen-bond donors (Lipinski definition) is 1. The van der Waals surface area contributed by atoms with E-state index in [2.05, 4.69) is 61.5 Å². The zero-order chi connectivity index (χ0) is 19.8. The second kappa shape index (κ2) is 9.89. The largest absolute Gasteiger partial charge is 0.396 e. The fourth-order valence-electron chi connectivity index (χ4n) is 4.71. The SMILES string of the molecule is CCCc1ccc(-c2ccc(C3CCCC(C#N)(CCCCO)C3)cc2)cc1. The Morgan fingerprint density at radius 2 is 1.71 bits per heavy atom. The van der Waals surface area contributed by atoms with Gasteiger partial charge in [0, 0.05) is 6.61 Å². The fourth-order valence-corrected chi connectivity index (χ4v) is 4.71. The molecule has 0 spiro atoms. The standard InChI is InChI=1S/C26H33NO/c1-2-6-21-8-10-22(11-9-21)23-12-14-24(15-13-23)25-7-5-17-26(19-25,20-27)16-3-4-18-28/h8-15,25,28H,2-7,16-19H2,1H3. The van der Waals surface area contributed by atoms with Gasteiger partial charge in [-0.15, -0.1) is 0 Å². The Morgan fingerprint density at radius 1 is 1.04 bits per heavy atom. The molecule has 0 saturated heterocycles. The number of rotatable bonds is 8. The third-order valence-corrected chi connectivity index (χ3v) is 6.35. The minimum absolute atomic E-state index is 0.203. The number of unbranched alkanes of at least 4 members (excludes halogenated alkanes) is 1. The molecule has 2 heteroatoms. The van der Waals surface area contributed by atoms with Gasteiger partial charge in [0.25, 0.3) is 0 Å². The molecule has 28 heavy (non-hydrogen) atoms. The van der Waals surface area contributed by atoms with Crippen LogP contribution in [0.3, 0.4) is 0 Å². The Kier molecular flexibility index (Phi) is 7.29. The van der Waals surface area contributed by atoms with Gasteiger partial charge in [0.05, 0.1) is 11.5 Å². The summed E-state index contributed by atoms with van der Waals surface area (Å²) in [5.41, 5.74) is 5.10. The molecule has 1 aliphatic carbocycles. The second-order valence-electron chi connectivity index (χ2n) is 8.44. The first-order valence-corrected chi connectivity index (χ1v) is 10.9. The molecule has 1 aliphatic rings. The van der Waals surface area contributed by atoms with E-state index in [1.807, 2.05) is 0 Å². The maximum atomic E-state index is 9.85. The second-order valence-corrected chi connectivity index (χ2v) is 8.44. The van der Waals surface area contributed by atoms with Gasteiger partial charge in [0.2, 0.25) is 0 Å². The lowest BCUT2D eigenvalue weighted by atomic mass is 9.66. The van der Waals surface area contributed by atoms with Gasteiger partial charge in [-0.1, -0.05) is 68.3 Å². The van der Waals surface area contributed by atoms with Crippen molar-refractivity contribution in [2.24, 2.45) is 5.41 Å². The van der Waals surface area contributed by atoms with Gasteiger partial charge in [0.15, 0.2) is 0 Å². The van der Waals surface area contributed by atoms with E-state index >= 15 is 0 Å². The molecule has 2 unspecified atom stereocenters. The van der Waals surface area contributed by atoms with Crippen LogP contribution >= 0.6 is 0 Å². The molecule has 1 N–H and O–H groups in total. The highest BCUT2D eigenvalue weighted by Crippen LogP contribution is 2.46. The van der Waals surface area contributed by atoms with Crippen molar-refractivity contribution in [3.8, 4) is 17.2 Å². The monoisotopic (exact) mass is 375 g/mol. The molecule has 0 heterocycles. The summed E-state index contributed by atoms with van der Waals surface area (Å²) in [6.07, 6.45) is 9.26. The van der Waals surface area contributed by atoms with Crippen LogP contribution in [0.2, 0.25) is 0 Å². The maximum Gasteiger partial charge on any atom is 0.0689 e. The van der Waals surface area contributed by atoms with E-state index in [4.69, 9.17) is 5.11 Å². The van der Waals surface area contributed by atoms with E-state index in [0.717, 1.165) is 44.9 Å². The Bertz CT molecular complexity index is 772. The average molecular weight is 376 g/mol. The molecule has 2 aromatic rings. The summed E-state index contributed by atoms with van der Waals surface area (Å²) in [5, 5.41) is 18.9. The van der Waals surface area contributed by atoms with Crippen molar-refractivity contribution in [3.05, 3.63) is 59.7 Å². The smallest absolute Gasteiger partial charge is 0.0689 e. The van der Waals surface area contributed by atoms with Crippen molar-refractivity contribution >= 4 is 0 Å². The third kappa shape index (κ3) is 5.03. The van der Waals surface area contributed by atoms with Crippen LogP contribution in [0, 0.1) is 16.7 Å². The van der Waals surface area contributed by atoms with Crippen molar-refractivity contribution in [2.45, 2.75) is 70.6 Å². The lowest BCUT2D eigenvalue weighted by molar-refractivity contribution is 0.208. The maximum absolute atomic E-state index is 9.85. The predicted octanol–water partition coefficient (Wildman–Crippen LogP) is 6.64. The third-order valence-electron chi connectivity index (χ3n) is 6.35. The number of hydrogen-bond acceptors (Lipinski definition) is 2. The molecule has 2 atom stereocenters. The van der Waals surface area contributed by atoms with Gasteiger partial charge in [-0.05, 0) is 73.1 Å². The molecule has 0 radical (unpaired) electrons. The van der Waals surface area contributed by atoms with Crippen LogP contribution in [0.25, 0.3) is 11.1 Å². The number of nitrogens with zero attached hydrogens (tertiary/aromatic N) is 1. The summed E-state index contributed by atoms with van der Waals surface area (Å²) >= 11 is 0. The predicted molar refractivity (Wildman–Crippen MR) is 116 cm³/mol. The molecule has 2 aromatic carbocycles. The Hall–Kier alpha value is -2.11. The zero-order valence-electron chi connectivity index (χ0n) is 17.2. The number of aliphatic hydroxyl groups is 1. The van der Waals surface area contributed by atoms with Crippen LogP contribution in [-0.2, 0) is 6.42 Å². The molecule has 0 aromatic heterocycles. The lowest BCUT2D eigenvalue weighted by Gasteiger charge is -2.36. The highest BCUT2D eigenvalue weighted by Gasteiger charge is 2.36. The first-order valence-electron chi connectivity index (χ1n) is 10.9. The number of nitriles is 1. The number of benzene rings is 2. The first-order chi connectivity index (χ1) is 13.7. The van der Waals surface area contributed by atoms with Crippen LogP contribution in [0.4, 0.5) is 0 Å². The number of aryl methyl sites for hydroxylation is 1. The van der Waals surface area contributed by atoms with Gasteiger partial charge in [-0.2, -0.15) is 5.26 Å². The van der Waals surface area contributed by atoms with Gasteiger partial charge in [-0.3, -0.25) is 0 Å². The van der Waals surface area contributed by atoms with E-state index < -0.39 is 0 Å². The van der Waals surface area contributed by atoms with E-state index in [9.17, 15) is 5.26 Å². The van der Waals surface area contributed by atoms with Crippen molar-refractivity contribution in [3.63, 3.8) is 0 Å². The highest BCUT2D eigenvalue weighted by molar-refractivity contribution is 5.64. The van der Waals surface area contributed by atoms with Crippen molar-refractivity contribution in [2.75, 3.05) is 6.61 Å². The molecular formula is C26H33NO. The lowest BCUT2D eigenvalue weighted by Crippen LogP contribution is -2.26. The van der Waals surface area contributed by atoms with Crippen molar-refractivity contribution in [1.82, 2.24) is 0 Å². The molecule has 1 saturated carbocycles. The molecule has 0 amide bonds. The Balaban J connectivity index is 1.69. The van der Waals surface area contributed by atoms with Crippen LogP contribution in [-0.4, -0.2) is 11.7 Å². The molecule has 3 rings (SSSR count). The Morgan fingerprint density at radius 3 is 2.32 bits per heavy atom. The molecule has 2 nitrogen and oxygen atoms in total. The summed E-state index contributed by atoms with van der Waals surface area (Å²) in [6, 6.07) is 20.6. The topological polar surface area (TPSA) is 44.0 Å². The minimum Gasteiger partial charge on any atom is -0.396 e. The first kappa shape index (κ1) is 20.6. The molecule has 0 aliphatic heterocycles. The molecular weight excluding hydrogens is 342 g/mol. The zero-order valence-corrected chi connectivity index (χ0v) is 17.2. The summed E-state index contributed by atoms with van der Waals surface area (Å²) in [5.74, 6) is 0.475. The van der Waals surface area contributed by atoms with Gasteiger partial charge in [0.1, 0.15) is 0 Å². The highest BCUT2D eigenvalue weighted by atomic mass is 16.2. The van der Waals surface area contributed by atoms with E-state index in [1.54, 1.807) is 0 Å². The molecule has 148 valence electrons. The van der Waals surface area contributed by atoms with Crippen molar-refractivity contribution < 1.29 is 5.11 Å². The van der Waals surface area contributed by atoms with Crippen molar-refractivity contribution in [1.29, 1.82) is 5.26 Å². The summed E-state index contributed by atoms with van der Waals surface area (Å²) in [7, 11) is 0. The Labute approximate surface area is 170 Å². The van der Waals surface area contributed by atoms with Gasteiger partial charge < -0.3 is 5.11 Å². The number of aliphatic hydroxyl groups excluding tert-OH is 1. The van der Waals surface area contributed by atoms with Crippen LogP contribution in [0.1, 0.15) is 75.3 Å². The van der Waals surface area contributed by atoms with Crippen LogP contribution < -0.4 is 0 Å². The van der Waals surface area contributed by atoms with Crippen LogP contribution in [0.5, 0.6) is 0 Å². The molecule has 0 bridgehead atoms. The summed E-state index contributed by atoms with van der Waals surface area (Å²) in [6.45, 7) is 2.44. The van der Waals surface area contributed by atoms with E-state index in [0.29, 0.717) is 5.92 Å². The van der Waals surface area contributed by atoms with Crippen LogP contribution in [0.15, 0.2) is 48.5 Å². The van der Waals surface area contributed by atoms with Gasteiger partial charge in [-0.25, -0.2) is 0 Å². The summed E-state index contributed by atoms with van der Waals surface area (Å²) in [4.78, 5) is 0. The van der Waals surface area contributed by atoms with E-state index in [1.165, 1.54) is 35.1 Å². The van der Waals surface area contributed by atoms with E-state index in [-0.39, 0.29) is 12.0 Å². The minimum atomic E-state index is -0.203. The van der Waals surface area contributed by atoms with Gasteiger partial charge >= 0.3 is 0 Å². The fraction of sp³-hybridized carbons (Fsp3) is 0.500. The summed E-state index contributed by atoms with van der Waals surface area (Å²) < 4.78 is 0.